The molecule has 0 saturated carbocycles. The SMILES string of the molecule is CC(Br)CN(C)C(=O)c1ccsc1. The Morgan fingerprint density at radius 3 is 2.92 bits per heavy atom. The van der Waals surface area contributed by atoms with E-state index in [4.69, 9.17) is 0 Å². The van der Waals surface area contributed by atoms with Gasteiger partial charge < -0.3 is 4.90 Å². The van der Waals surface area contributed by atoms with Gasteiger partial charge in [0.15, 0.2) is 0 Å². The van der Waals surface area contributed by atoms with E-state index < -0.39 is 0 Å². The molecule has 72 valence electrons. The van der Waals surface area contributed by atoms with Crippen LogP contribution in [-0.2, 0) is 0 Å². The highest BCUT2D eigenvalue weighted by Gasteiger charge is 2.12. The number of rotatable bonds is 3. The van der Waals surface area contributed by atoms with E-state index >= 15 is 0 Å². The third kappa shape index (κ3) is 3.12. The number of halogens is 1. The van der Waals surface area contributed by atoms with Gasteiger partial charge in [0.1, 0.15) is 0 Å². The van der Waals surface area contributed by atoms with Crippen molar-refractivity contribution in [1.82, 2.24) is 4.90 Å². The second-order valence-electron chi connectivity index (χ2n) is 2.98. The Balaban J connectivity index is 2.58. The fourth-order valence-corrected chi connectivity index (χ4v) is 2.13. The van der Waals surface area contributed by atoms with Gasteiger partial charge in [0, 0.05) is 23.8 Å². The van der Waals surface area contributed by atoms with Gasteiger partial charge in [-0.2, -0.15) is 11.3 Å². The zero-order chi connectivity index (χ0) is 9.84. The average molecular weight is 262 g/mol. The molecule has 0 aromatic carbocycles. The van der Waals surface area contributed by atoms with Crippen LogP contribution in [-0.4, -0.2) is 29.2 Å². The van der Waals surface area contributed by atoms with Crippen LogP contribution in [0.25, 0.3) is 0 Å². The standard InChI is InChI=1S/C9H12BrNOS/c1-7(10)5-11(2)9(12)8-3-4-13-6-8/h3-4,6-7H,5H2,1-2H3. The third-order valence-electron chi connectivity index (χ3n) is 1.64. The molecular formula is C9H12BrNOS. The highest BCUT2D eigenvalue weighted by atomic mass is 79.9. The van der Waals surface area contributed by atoms with Gasteiger partial charge >= 0.3 is 0 Å². The minimum atomic E-state index is 0.0903. The monoisotopic (exact) mass is 261 g/mol. The summed E-state index contributed by atoms with van der Waals surface area (Å²) in [4.78, 5) is 13.7. The molecule has 0 radical (unpaired) electrons. The quantitative estimate of drug-likeness (QED) is 0.767. The first-order valence-corrected chi connectivity index (χ1v) is 5.89. The molecule has 1 aromatic rings. The molecule has 0 saturated heterocycles. The van der Waals surface area contributed by atoms with E-state index in [-0.39, 0.29) is 5.91 Å². The Labute approximate surface area is 90.7 Å². The van der Waals surface area contributed by atoms with Crippen molar-refractivity contribution in [3.8, 4) is 0 Å². The Bertz CT molecular complexity index is 271. The second kappa shape index (κ2) is 4.77. The van der Waals surface area contributed by atoms with Crippen molar-refractivity contribution in [3.05, 3.63) is 22.4 Å². The predicted octanol–water partition coefficient (Wildman–Crippen LogP) is 2.60. The number of hydrogen-bond donors (Lipinski definition) is 0. The highest BCUT2D eigenvalue weighted by Crippen LogP contribution is 2.10. The Kier molecular flexibility index (Phi) is 3.93. The van der Waals surface area contributed by atoms with Crippen LogP contribution < -0.4 is 0 Å². The summed E-state index contributed by atoms with van der Waals surface area (Å²) in [7, 11) is 1.82. The molecule has 0 aliphatic rings. The molecule has 0 N–H and O–H groups in total. The summed E-state index contributed by atoms with van der Waals surface area (Å²) in [5.74, 6) is 0.0903. The number of carbonyl (C=O) groups excluding carboxylic acids is 1. The van der Waals surface area contributed by atoms with Gasteiger partial charge in [-0.05, 0) is 11.4 Å². The van der Waals surface area contributed by atoms with Gasteiger partial charge in [-0.3, -0.25) is 4.79 Å². The van der Waals surface area contributed by atoms with Crippen molar-refractivity contribution < 1.29 is 4.79 Å². The molecule has 0 fully saturated rings. The molecule has 1 amide bonds. The zero-order valence-electron chi connectivity index (χ0n) is 7.66. The maximum Gasteiger partial charge on any atom is 0.254 e. The Morgan fingerprint density at radius 1 is 1.77 bits per heavy atom. The molecule has 2 nitrogen and oxygen atoms in total. The van der Waals surface area contributed by atoms with Gasteiger partial charge in [-0.25, -0.2) is 0 Å². The van der Waals surface area contributed by atoms with E-state index in [2.05, 4.69) is 15.9 Å². The van der Waals surface area contributed by atoms with Crippen molar-refractivity contribution in [2.75, 3.05) is 13.6 Å². The van der Waals surface area contributed by atoms with E-state index in [1.54, 1.807) is 16.2 Å². The van der Waals surface area contributed by atoms with Crippen molar-refractivity contribution in [2.45, 2.75) is 11.8 Å². The first kappa shape index (κ1) is 10.7. The highest BCUT2D eigenvalue weighted by molar-refractivity contribution is 9.09. The van der Waals surface area contributed by atoms with Crippen molar-refractivity contribution in [1.29, 1.82) is 0 Å². The molecule has 0 bridgehead atoms. The van der Waals surface area contributed by atoms with E-state index in [9.17, 15) is 4.79 Å². The minimum absolute atomic E-state index is 0.0903. The van der Waals surface area contributed by atoms with Gasteiger partial charge in [-0.15, -0.1) is 0 Å². The molecule has 0 aliphatic carbocycles. The summed E-state index contributed by atoms with van der Waals surface area (Å²) >= 11 is 4.96. The van der Waals surface area contributed by atoms with Gasteiger partial charge in [0.05, 0.1) is 5.56 Å². The summed E-state index contributed by atoms with van der Waals surface area (Å²) in [5.41, 5.74) is 0.778. The van der Waals surface area contributed by atoms with Crippen molar-refractivity contribution in [2.24, 2.45) is 0 Å². The van der Waals surface area contributed by atoms with Crippen molar-refractivity contribution >= 4 is 33.2 Å². The van der Waals surface area contributed by atoms with E-state index in [0.29, 0.717) is 4.83 Å². The minimum Gasteiger partial charge on any atom is -0.341 e. The molecule has 4 heteroatoms. The fourth-order valence-electron chi connectivity index (χ4n) is 1.07. The number of nitrogens with zero attached hydrogens (tertiary/aromatic N) is 1. The molecular weight excluding hydrogens is 250 g/mol. The molecule has 0 aliphatic heterocycles. The largest absolute Gasteiger partial charge is 0.341 e. The van der Waals surface area contributed by atoms with E-state index in [0.717, 1.165) is 12.1 Å². The summed E-state index contributed by atoms with van der Waals surface area (Å²) in [6.45, 7) is 2.76. The number of hydrogen-bond acceptors (Lipinski definition) is 2. The number of thiophene rings is 1. The lowest BCUT2D eigenvalue weighted by atomic mass is 10.3. The zero-order valence-corrected chi connectivity index (χ0v) is 10.1. The van der Waals surface area contributed by atoms with E-state index in [1.807, 2.05) is 30.8 Å². The normalized spacial score (nSPS) is 12.5. The van der Waals surface area contributed by atoms with Crippen LogP contribution in [0.5, 0.6) is 0 Å². The molecule has 13 heavy (non-hydrogen) atoms. The summed E-state index contributed by atoms with van der Waals surface area (Å²) < 4.78 is 0. The predicted molar refractivity (Wildman–Crippen MR) is 59.7 cm³/mol. The Morgan fingerprint density at radius 2 is 2.46 bits per heavy atom. The van der Waals surface area contributed by atoms with Gasteiger partial charge in [0.2, 0.25) is 0 Å². The van der Waals surface area contributed by atoms with Crippen LogP contribution in [0.1, 0.15) is 17.3 Å². The van der Waals surface area contributed by atoms with Crippen LogP contribution in [0.15, 0.2) is 16.8 Å². The lowest BCUT2D eigenvalue weighted by molar-refractivity contribution is 0.0798. The van der Waals surface area contributed by atoms with Gasteiger partial charge in [0.25, 0.3) is 5.91 Å². The summed E-state index contributed by atoms with van der Waals surface area (Å²) in [6.07, 6.45) is 0. The first-order valence-electron chi connectivity index (χ1n) is 4.03. The van der Waals surface area contributed by atoms with Crippen LogP contribution >= 0.6 is 27.3 Å². The fraction of sp³-hybridized carbons (Fsp3) is 0.444. The lowest BCUT2D eigenvalue weighted by Crippen LogP contribution is -2.30. The molecule has 1 heterocycles. The van der Waals surface area contributed by atoms with E-state index in [1.165, 1.54) is 0 Å². The average Bonchev–Trinajstić information content (AvgIpc) is 2.53. The number of alkyl halides is 1. The van der Waals surface area contributed by atoms with Crippen LogP contribution in [0.2, 0.25) is 0 Å². The summed E-state index contributed by atoms with van der Waals surface area (Å²) in [6, 6.07) is 1.85. The molecule has 1 rings (SSSR count). The molecule has 1 unspecified atom stereocenters. The molecule has 1 atom stereocenters. The van der Waals surface area contributed by atoms with Crippen molar-refractivity contribution in [3.63, 3.8) is 0 Å². The summed E-state index contributed by atoms with van der Waals surface area (Å²) in [5, 5.41) is 3.79. The first-order chi connectivity index (χ1) is 6.11. The van der Waals surface area contributed by atoms with Crippen LogP contribution in [0.4, 0.5) is 0 Å². The smallest absolute Gasteiger partial charge is 0.254 e. The maximum absolute atomic E-state index is 11.7. The molecule has 0 spiro atoms. The third-order valence-corrected chi connectivity index (χ3v) is 2.61. The Hall–Kier alpha value is -0.350. The molecule has 1 aromatic heterocycles. The van der Waals surface area contributed by atoms with Crippen LogP contribution in [0.3, 0.4) is 0 Å². The lowest BCUT2D eigenvalue weighted by Gasteiger charge is -2.17. The topological polar surface area (TPSA) is 20.3 Å². The second-order valence-corrected chi connectivity index (χ2v) is 5.32. The number of carbonyl (C=O) groups is 1. The van der Waals surface area contributed by atoms with Crippen LogP contribution in [0, 0.1) is 0 Å². The number of amides is 1. The van der Waals surface area contributed by atoms with Gasteiger partial charge in [-0.1, -0.05) is 22.9 Å². The maximum atomic E-state index is 11.7.